The lowest BCUT2D eigenvalue weighted by Gasteiger charge is -2.29. The van der Waals surface area contributed by atoms with Gasteiger partial charge in [-0.15, -0.1) is 0 Å². The molecule has 0 amide bonds. The number of ether oxygens (including phenoxy) is 1. The van der Waals surface area contributed by atoms with E-state index in [0.29, 0.717) is 24.5 Å². The molecule has 0 spiro atoms. The fourth-order valence-electron chi connectivity index (χ4n) is 4.22. The van der Waals surface area contributed by atoms with Crippen molar-refractivity contribution in [3.05, 3.63) is 70.5 Å². The van der Waals surface area contributed by atoms with Gasteiger partial charge in [-0.1, -0.05) is 37.3 Å². The Morgan fingerprint density at radius 3 is 2.21 bits per heavy atom. The van der Waals surface area contributed by atoms with Gasteiger partial charge in [0.15, 0.2) is 11.6 Å². The first-order valence-electron chi connectivity index (χ1n) is 10.6. The summed E-state index contributed by atoms with van der Waals surface area (Å²) in [6, 6.07) is 11.2. The summed E-state index contributed by atoms with van der Waals surface area (Å²) in [5.74, 6) is -1.34. The molecule has 1 saturated carbocycles. The van der Waals surface area contributed by atoms with Crippen LogP contribution in [0.1, 0.15) is 80.9 Å². The highest BCUT2D eigenvalue weighted by atomic mass is 19.2. The average Bonchev–Trinajstić information content (AvgIpc) is 2.73. The van der Waals surface area contributed by atoms with Crippen molar-refractivity contribution in [2.75, 3.05) is 6.61 Å². The highest BCUT2D eigenvalue weighted by Gasteiger charge is 2.27. The molecule has 0 bridgehead atoms. The molecule has 29 heavy (non-hydrogen) atoms. The van der Waals surface area contributed by atoms with E-state index in [1.54, 1.807) is 19.1 Å². The van der Waals surface area contributed by atoms with Gasteiger partial charge < -0.3 is 4.74 Å². The van der Waals surface area contributed by atoms with Gasteiger partial charge in [0.25, 0.3) is 0 Å². The van der Waals surface area contributed by atoms with Crippen LogP contribution in [0.3, 0.4) is 0 Å². The molecule has 0 heterocycles. The molecule has 1 fully saturated rings. The lowest BCUT2D eigenvalue weighted by molar-refractivity contribution is 0.310. The van der Waals surface area contributed by atoms with Crippen LogP contribution in [0, 0.1) is 11.6 Å². The number of allylic oxidation sites excluding steroid dienone is 1. The zero-order valence-corrected chi connectivity index (χ0v) is 17.2. The molecule has 4 heteroatoms. The minimum absolute atomic E-state index is 0.0213. The van der Waals surface area contributed by atoms with Crippen LogP contribution < -0.4 is 4.74 Å². The monoisotopic (exact) mass is 402 g/mol. The number of halogens is 3. The lowest BCUT2D eigenvalue weighted by Crippen LogP contribution is -2.14. The standard InChI is InChI=1S/C25H29F3O/c1-3-5-21(26)16-17-6-8-18(9-7-17)19-10-12-20(13-11-19)22-14-15-23(29-4-2)25(28)24(22)27/h6-9,14-16,19-20H,3-5,10-13H2,1-2H3/b21-16-. The molecule has 3 rings (SSSR count). The van der Waals surface area contributed by atoms with Crippen LogP contribution in [0.25, 0.3) is 6.08 Å². The van der Waals surface area contributed by atoms with Gasteiger partial charge in [0, 0.05) is 0 Å². The summed E-state index contributed by atoms with van der Waals surface area (Å²) in [5, 5.41) is 0. The van der Waals surface area contributed by atoms with E-state index in [0.717, 1.165) is 37.7 Å². The van der Waals surface area contributed by atoms with Gasteiger partial charge in [0.05, 0.1) is 6.61 Å². The zero-order valence-electron chi connectivity index (χ0n) is 17.2. The van der Waals surface area contributed by atoms with Crippen LogP contribution in [0.4, 0.5) is 13.2 Å². The molecule has 1 aliphatic carbocycles. The molecular weight excluding hydrogens is 373 g/mol. The maximum absolute atomic E-state index is 14.5. The molecule has 1 nitrogen and oxygen atoms in total. The van der Waals surface area contributed by atoms with Crippen molar-refractivity contribution >= 4 is 6.08 Å². The Balaban J connectivity index is 1.63. The van der Waals surface area contributed by atoms with Crippen LogP contribution in [0.2, 0.25) is 0 Å². The van der Waals surface area contributed by atoms with E-state index in [9.17, 15) is 13.2 Å². The molecule has 0 saturated heterocycles. The van der Waals surface area contributed by atoms with Gasteiger partial charge in [-0.25, -0.2) is 8.78 Å². The van der Waals surface area contributed by atoms with Crippen molar-refractivity contribution < 1.29 is 17.9 Å². The van der Waals surface area contributed by atoms with E-state index in [1.165, 1.54) is 11.6 Å². The van der Waals surface area contributed by atoms with Crippen molar-refractivity contribution in [1.82, 2.24) is 0 Å². The second kappa shape index (κ2) is 10.00. The summed E-state index contributed by atoms with van der Waals surface area (Å²) in [7, 11) is 0. The molecule has 2 aromatic carbocycles. The van der Waals surface area contributed by atoms with E-state index in [-0.39, 0.29) is 17.5 Å². The number of benzene rings is 2. The van der Waals surface area contributed by atoms with Gasteiger partial charge in [-0.2, -0.15) is 4.39 Å². The fraction of sp³-hybridized carbons (Fsp3) is 0.440. The van der Waals surface area contributed by atoms with E-state index in [2.05, 4.69) is 12.1 Å². The number of rotatable bonds is 7. The second-order valence-electron chi connectivity index (χ2n) is 7.77. The summed E-state index contributed by atoms with van der Waals surface area (Å²) in [5.41, 5.74) is 2.56. The van der Waals surface area contributed by atoms with Gasteiger partial charge in [-0.3, -0.25) is 0 Å². The molecular formula is C25H29F3O. The summed E-state index contributed by atoms with van der Waals surface area (Å²) in [6.45, 7) is 4.01. The minimum Gasteiger partial charge on any atom is -0.491 e. The number of hydrogen-bond donors (Lipinski definition) is 0. The Morgan fingerprint density at radius 2 is 1.59 bits per heavy atom. The molecule has 1 aliphatic rings. The molecule has 0 atom stereocenters. The average molecular weight is 403 g/mol. The van der Waals surface area contributed by atoms with E-state index < -0.39 is 11.6 Å². The van der Waals surface area contributed by atoms with Gasteiger partial charge in [-0.05, 0) is 86.1 Å². The normalized spacial score (nSPS) is 20.0. The first-order chi connectivity index (χ1) is 14.0. The summed E-state index contributed by atoms with van der Waals surface area (Å²) in [4.78, 5) is 0. The van der Waals surface area contributed by atoms with Crippen LogP contribution in [0.5, 0.6) is 5.75 Å². The topological polar surface area (TPSA) is 9.23 Å². The third-order valence-electron chi connectivity index (χ3n) is 5.76. The quantitative estimate of drug-likeness (QED) is 0.457. The van der Waals surface area contributed by atoms with Crippen LogP contribution in [-0.2, 0) is 0 Å². The largest absolute Gasteiger partial charge is 0.491 e. The van der Waals surface area contributed by atoms with Crippen molar-refractivity contribution in [3.8, 4) is 5.75 Å². The Kier molecular flexibility index (Phi) is 7.40. The smallest absolute Gasteiger partial charge is 0.200 e. The zero-order chi connectivity index (χ0) is 20.8. The highest BCUT2D eigenvalue weighted by molar-refractivity contribution is 5.51. The van der Waals surface area contributed by atoms with Crippen molar-refractivity contribution in [2.24, 2.45) is 0 Å². The van der Waals surface area contributed by atoms with Gasteiger partial charge in [0.2, 0.25) is 5.82 Å². The van der Waals surface area contributed by atoms with Gasteiger partial charge in [0.1, 0.15) is 5.83 Å². The minimum atomic E-state index is -0.884. The third kappa shape index (κ3) is 5.23. The molecule has 0 N–H and O–H groups in total. The fourth-order valence-corrected chi connectivity index (χ4v) is 4.22. The molecule has 156 valence electrons. The SMILES string of the molecule is CCC/C(F)=C/c1ccc(C2CCC(c3ccc(OCC)c(F)c3F)CC2)cc1. The van der Waals surface area contributed by atoms with Gasteiger partial charge >= 0.3 is 0 Å². The van der Waals surface area contributed by atoms with Crippen LogP contribution in [0.15, 0.2) is 42.2 Å². The molecule has 0 aliphatic heterocycles. The molecule has 2 aromatic rings. The summed E-state index contributed by atoms with van der Waals surface area (Å²) < 4.78 is 47.5. The number of hydrogen-bond acceptors (Lipinski definition) is 1. The maximum atomic E-state index is 14.5. The highest BCUT2D eigenvalue weighted by Crippen LogP contribution is 2.42. The molecule has 0 aromatic heterocycles. The van der Waals surface area contributed by atoms with Crippen molar-refractivity contribution in [3.63, 3.8) is 0 Å². The maximum Gasteiger partial charge on any atom is 0.200 e. The van der Waals surface area contributed by atoms with E-state index in [4.69, 9.17) is 4.74 Å². The van der Waals surface area contributed by atoms with Crippen LogP contribution in [-0.4, -0.2) is 6.61 Å². The first-order valence-corrected chi connectivity index (χ1v) is 10.6. The summed E-state index contributed by atoms with van der Waals surface area (Å²) >= 11 is 0. The van der Waals surface area contributed by atoms with E-state index in [1.807, 2.05) is 19.1 Å². The first kappa shape index (κ1) is 21.5. The van der Waals surface area contributed by atoms with Crippen LogP contribution >= 0.6 is 0 Å². The molecule has 0 unspecified atom stereocenters. The second-order valence-corrected chi connectivity index (χ2v) is 7.77. The van der Waals surface area contributed by atoms with Crippen molar-refractivity contribution in [1.29, 1.82) is 0 Å². The Hall–Kier alpha value is -2.23. The summed E-state index contributed by atoms with van der Waals surface area (Å²) in [6.07, 6.45) is 6.35. The predicted octanol–water partition coefficient (Wildman–Crippen LogP) is 7.92. The third-order valence-corrected chi connectivity index (χ3v) is 5.76. The van der Waals surface area contributed by atoms with Crippen molar-refractivity contribution in [2.45, 2.75) is 64.2 Å². The molecule has 0 radical (unpaired) electrons. The Labute approximate surface area is 171 Å². The predicted molar refractivity (Wildman–Crippen MR) is 112 cm³/mol. The lowest BCUT2D eigenvalue weighted by atomic mass is 9.76. The Morgan fingerprint density at radius 1 is 0.931 bits per heavy atom. The Bertz CT molecular complexity index is 834. The van der Waals surface area contributed by atoms with E-state index >= 15 is 0 Å².